The number of amides is 1. The van der Waals surface area contributed by atoms with E-state index in [4.69, 9.17) is 0 Å². The molecular weight excluding hydrogens is 222 g/mol. The second-order valence-corrected chi connectivity index (χ2v) is 4.41. The zero-order valence-corrected chi connectivity index (χ0v) is 11.7. The average molecular weight is 245 g/mol. The first-order chi connectivity index (χ1) is 8.65. The molecule has 0 radical (unpaired) electrons. The zero-order valence-electron chi connectivity index (χ0n) is 11.7. The van der Waals surface area contributed by atoms with Crippen LogP contribution in [0.5, 0.6) is 0 Å². The molecule has 2 heteroatoms. The molecular formula is C16H23NO. The highest BCUT2D eigenvalue weighted by Gasteiger charge is 2.17. The molecule has 1 aromatic carbocycles. The molecule has 1 amide bonds. The Hall–Kier alpha value is -1.57. The highest BCUT2D eigenvalue weighted by molar-refractivity contribution is 5.97. The SMILES string of the molecule is C=CCCc1cccc(C)c1C(=O)N(CC)CC. The summed E-state index contributed by atoms with van der Waals surface area (Å²) in [6.07, 6.45) is 3.68. The standard InChI is InChI=1S/C16H23NO/c1-5-8-11-14-12-9-10-13(4)15(14)16(18)17(6-2)7-3/h5,9-10,12H,1,6-8,11H2,2-4H3. The van der Waals surface area contributed by atoms with Gasteiger partial charge >= 0.3 is 0 Å². The van der Waals surface area contributed by atoms with Crippen LogP contribution in [0.2, 0.25) is 0 Å². The first kappa shape index (κ1) is 14.5. The van der Waals surface area contributed by atoms with Crippen LogP contribution in [0.25, 0.3) is 0 Å². The number of hydrogen-bond acceptors (Lipinski definition) is 1. The molecule has 0 bridgehead atoms. The van der Waals surface area contributed by atoms with E-state index in [1.165, 1.54) is 0 Å². The molecule has 18 heavy (non-hydrogen) atoms. The molecule has 0 spiro atoms. The second-order valence-electron chi connectivity index (χ2n) is 4.41. The summed E-state index contributed by atoms with van der Waals surface area (Å²) in [7, 11) is 0. The zero-order chi connectivity index (χ0) is 13.5. The molecule has 0 unspecified atom stereocenters. The summed E-state index contributed by atoms with van der Waals surface area (Å²) in [5.41, 5.74) is 3.07. The number of nitrogens with zero attached hydrogens (tertiary/aromatic N) is 1. The lowest BCUT2D eigenvalue weighted by Crippen LogP contribution is -2.31. The van der Waals surface area contributed by atoms with E-state index in [0.29, 0.717) is 0 Å². The van der Waals surface area contributed by atoms with Gasteiger partial charge in [0.1, 0.15) is 0 Å². The molecule has 98 valence electrons. The third-order valence-corrected chi connectivity index (χ3v) is 3.24. The third-order valence-electron chi connectivity index (χ3n) is 3.24. The van der Waals surface area contributed by atoms with Crippen molar-refractivity contribution in [2.45, 2.75) is 33.6 Å². The maximum atomic E-state index is 12.5. The van der Waals surface area contributed by atoms with Crippen molar-refractivity contribution in [3.05, 3.63) is 47.5 Å². The van der Waals surface area contributed by atoms with Gasteiger partial charge in [-0.3, -0.25) is 4.79 Å². The minimum absolute atomic E-state index is 0.150. The number of benzene rings is 1. The van der Waals surface area contributed by atoms with E-state index in [2.05, 4.69) is 6.58 Å². The van der Waals surface area contributed by atoms with Gasteiger partial charge in [-0.25, -0.2) is 0 Å². The molecule has 1 aromatic rings. The highest BCUT2D eigenvalue weighted by Crippen LogP contribution is 2.18. The Morgan fingerprint density at radius 3 is 2.56 bits per heavy atom. The van der Waals surface area contributed by atoms with Gasteiger partial charge in [-0.05, 0) is 44.7 Å². The van der Waals surface area contributed by atoms with E-state index in [1.807, 2.05) is 49.9 Å². The Balaban J connectivity index is 3.11. The molecule has 1 rings (SSSR count). The van der Waals surface area contributed by atoms with E-state index >= 15 is 0 Å². The van der Waals surface area contributed by atoms with Crippen LogP contribution >= 0.6 is 0 Å². The summed E-state index contributed by atoms with van der Waals surface area (Å²) in [4.78, 5) is 14.4. The maximum Gasteiger partial charge on any atom is 0.254 e. The fourth-order valence-electron chi connectivity index (χ4n) is 2.17. The van der Waals surface area contributed by atoms with Crippen molar-refractivity contribution >= 4 is 5.91 Å². The van der Waals surface area contributed by atoms with Gasteiger partial charge < -0.3 is 4.90 Å². The molecule has 0 fully saturated rings. The smallest absolute Gasteiger partial charge is 0.254 e. The lowest BCUT2D eigenvalue weighted by atomic mass is 9.97. The molecule has 0 atom stereocenters. The van der Waals surface area contributed by atoms with Gasteiger partial charge in [-0.1, -0.05) is 24.3 Å². The van der Waals surface area contributed by atoms with Crippen molar-refractivity contribution in [2.24, 2.45) is 0 Å². The molecule has 0 aliphatic rings. The van der Waals surface area contributed by atoms with Crippen LogP contribution in [0.15, 0.2) is 30.9 Å². The van der Waals surface area contributed by atoms with Gasteiger partial charge in [0.2, 0.25) is 0 Å². The molecule has 0 heterocycles. The van der Waals surface area contributed by atoms with E-state index in [0.717, 1.165) is 42.6 Å². The van der Waals surface area contributed by atoms with Crippen molar-refractivity contribution in [2.75, 3.05) is 13.1 Å². The van der Waals surface area contributed by atoms with Crippen LogP contribution in [0.3, 0.4) is 0 Å². The van der Waals surface area contributed by atoms with Gasteiger partial charge in [0.05, 0.1) is 0 Å². The summed E-state index contributed by atoms with van der Waals surface area (Å²) < 4.78 is 0. The van der Waals surface area contributed by atoms with Crippen LogP contribution in [0, 0.1) is 6.92 Å². The van der Waals surface area contributed by atoms with Crippen molar-refractivity contribution < 1.29 is 4.79 Å². The van der Waals surface area contributed by atoms with Crippen molar-refractivity contribution in [1.29, 1.82) is 0 Å². The van der Waals surface area contributed by atoms with Gasteiger partial charge in [0, 0.05) is 18.7 Å². The number of allylic oxidation sites excluding steroid dienone is 1. The minimum atomic E-state index is 0.150. The molecule has 0 saturated carbocycles. The molecule has 0 aliphatic carbocycles. The number of aryl methyl sites for hydroxylation is 2. The average Bonchev–Trinajstić information content (AvgIpc) is 2.37. The van der Waals surface area contributed by atoms with Crippen LogP contribution in [-0.2, 0) is 6.42 Å². The summed E-state index contributed by atoms with van der Waals surface area (Å²) in [5.74, 6) is 0.150. The first-order valence-corrected chi connectivity index (χ1v) is 6.64. The quantitative estimate of drug-likeness (QED) is 0.701. The second kappa shape index (κ2) is 7.00. The first-order valence-electron chi connectivity index (χ1n) is 6.64. The van der Waals surface area contributed by atoms with E-state index in [1.54, 1.807) is 0 Å². The van der Waals surface area contributed by atoms with Crippen molar-refractivity contribution in [3.8, 4) is 0 Å². The number of rotatable bonds is 6. The van der Waals surface area contributed by atoms with Gasteiger partial charge in [-0.15, -0.1) is 6.58 Å². The summed E-state index contributed by atoms with van der Waals surface area (Å²) in [5, 5.41) is 0. The summed E-state index contributed by atoms with van der Waals surface area (Å²) in [6.45, 7) is 11.3. The van der Waals surface area contributed by atoms with Crippen LogP contribution in [0.1, 0.15) is 41.8 Å². The van der Waals surface area contributed by atoms with Gasteiger partial charge in [0.25, 0.3) is 5.91 Å². The Kier molecular flexibility index (Phi) is 5.63. The predicted molar refractivity (Wildman–Crippen MR) is 76.9 cm³/mol. The molecule has 2 nitrogen and oxygen atoms in total. The summed E-state index contributed by atoms with van der Waals surface area (Å²) >= 11 is 0. The van der Waals surface area contributed by atoms with E-state index in [-0.39, 0.29) is 5.91 Å². The van der Waals surface area contributed by atoms with Crippen molar-refractivity contribution in [1.82, 2.24) is 4.90 Å². The molecule has 0 saturated heterocycles. The molecule has 0 aliphatic heterocycles. The summed E-state index contributed by atoms with van der Waals surface area (Å²) in [6, 6.07) is 6.08. The Morgan fingerprint density at radius 1 is 1.33 bits per heavy atom. The van der Waals surface area contributed by atoms with Crippen LogP contribution in [-0.4, -0.2) is 23.9 Å². The number of hydrogen-bond donors (Lipinski definition) is 0. The Morgan fingerprint density at radius 2 is 2.00 bits per heavy atom. The Bertz CT molecular complexity index is 419. The van der Waals surface area contributed by atoms with Gasteiger partial charge in [0.15, 0.2) is 0 Å². The lowest BCUT2D eigenvalue weighted by Gasteiger charge is -2.21. The fraction of sp³-hybridized carbons (Fsp3) is 0.438. The highest BCUT2D eigenvalue weighted by atomic mass is 16.2. The largest absolute Gasteiger partial charge is 0.339 e. The Labute approximate surface area is 110 Å². The molecule has 0 N–H and O–H groups in total. The van der Waals surface area contributed by atoms with Crippen LogP contribution in [0.4, 0.5) is 0 Å². The fourth-order valence-corrected chi connectivity index (χ4v) is 2.17. The predicted octanol–water partition coefficient (Wildman–Crippen LogP) is 3.60. The van der Waals surface area contributed by atoms with E-state index < -0.39 is 0 Å². The minimum Gasteiger partial charge on any atom is -0.339 e. The normalized spacial score (nSPS) is 10.2. The molecule has 0 aromatic heterocycles. The van der Waals surface area contributed by atoms with Crippen LogP contribution < -0.4 is 0 Å². The van der Waals surface area contributed by atoms with E-state index in [9.17, 15) is 4.79 Å². The number of carbonyl (C=O) groups excluding carboxylic acids is 1. The maximum absolute atomic E-state index is 12.5. The monoisotopic (exact) mass is 245 g/mol. The lowest BCUT2D eigenvalue weighted by molar-refractivity contribution is 0.0771. The van der Waals surface area contributed by atoms with Gasteiger partial charge in [-0.2, -0.15) is 0 Å². The third kappa shape index (κ3) is 3.22. The topological polar surface area (TPSA) is 20.3 Å². The number of carbonyl (C=O) groups is 1. The van der Waals surface area contributed by atoms with Crippen molar-refractivity contribution in [3.63, 3.8) is 0 Å².